The number of carbonyl (C=O) groups excluding carboxylic acids is 2. The van der Waals surface area contributed by atoms with Gasteiger partial charge in [-0.3, -0.25) is 9.59 Å². The lowest BCUT2D eigenvalue weighted by molar-refractivity contribution is -0.145. The fraction of sp³-hybridized carbons (Fsp3) is 0.857. The summed E-state index contributed by atoms with van der Waals surface area (Å²) in [6, 6.07) is 0. The van der Waals surface area contributed by atoms with Crippen LogP contribution < -0.4 is 0 Å². The van der Waals surface area contributed by atoms with Gasteiger partial charge in [-0.2, -0.15) is 0 Å². The van der Waals surface area contributed by atoms with Crippen LogP contribution >= 0.6 is 0 Å². The SMILES string of the molecule is CCOC(=O)CC(C)=O.CCOC(C)OCC.OCCO. The molecule has 0 saturated heterocycles. The third-order valence-electron chi connectivity index (χ3n) is 1.60. The molecule has 0 heterocycles. The molecule has 0 atom stereocenters. The fourth-order valence-corrected chi connectivity index (χ4v) is 0.933. The van der Waals surface area contributed by atoms with E-state index in [-0.39, 0.29) is 31.7 Å². The van der Waals surface area contributed by atoms with Gasteiger partial charge in [-0.05, 0) is 34.6 Å². The lowest BCUT2D eigenvalue weighted by Crippen LogP contribution is -2.11. The summed E-state index contributed by atoms with van der Waals surface area (Å²) in [5, 5.41) is 15.2. The summed E-state index contributed by atoms with van der Waals surface area (Å²) in [4.78, 5) is 20.6. The van der Waals surface area contributed by atoms with Gasteiger partial charge in [0.05, 0.1) is 19.8 Å². The number of aliphatic hydroxyl groups is 2. The number of aliphatic hydroxyl groups excluding tert-OH is 2. The molecule has 0 radical (unpaired) electrons. The molecular weight excluding hydrogens is 280 g/mol. The molecule has 0 aliphatic carbocycles. The predicted octanol–water partition coefficient (Wildman–Crippen LogP) is 0.905. The number of ether oxygens (including phenoxy) is 3. The zero-order valence-corrected chi connectivity index (χ0v) is 13.8. The normalized spacial score (nSPS) is 9.14. The third-order valence-corrected chi connectivity index (χ3v) is 1.60. The molecule has 0 saturated carbocycles. The Morgan fingerprint density at radius 2 is 1.38 bits per heavy atom. The molecule has 128 valence electrons. The Labute approximate surface area is 127 Å². The van der Waals surface area contributed by atoms with Crippen molar-refractivity contribution in [2.24, 2.45) is 0 Å². The van der Waals surface area contributed by atoms with Crippen LogP contribution in [0.5, 0.6) is 0 Å². The largest absolute Gasteiger partial charge is 0.466 e. The summed E-state index contributed by atoms with van der Waals surface area (Å²) in [5.41, 5.74) is 0. The molecule has 2 N–H and O–H groups in total. The Bertz CT molecular complexity index is 223. The number of rotatable bonds is 8. The number of Topliss-reactive ketones (excluding diaryl/α,β-unsaturated/α-hetero) is 1. The first-order valence-electron chi connectivity index (χ1n) is 6.99. The van der Waals surface area contributed by atoms with Crippen LogP contribution in [0, 0.1) is 0 Å². The second kappa shape index (κ2) is 21.3. The van der Waals surface area contributed by atoms with Gasteiger partial charge in [-0.1, -0.05) is 0 Å². The summed E-state index contributed by atoms with van der Waals surface area (Å²) >= 11 is 0. The van der Waals surface area contributed by atoms with Gasteiger partial charge >= 0.3 is 5.97 Å². The van der Waals surface area contributed by atoms with E-state index in [1.807, 2.05) is 20.8 Å². The van der Waals surface area contributed by atoms with E-state index in [1.54, 1.807) is 6.92 Å². The van der Waals surface area contributed by atoms with Gasteiger partial charge in [0.15, 0.2) is 6.29 Å². The molecule has 0 aromatic carbocycles. The zero-order chi connectivity index (χ0) is 17.1. The molecule has 21 heavy (non-hydrogen) atoms. The van der Waals surface area contributed by atoms with Crippen LogP contribution in [0.15, 0.2) is 0 Å². The van der Waals surface area contributed by atoms with Gasteiger partial charge in [0.2, 0.25) is 0 Å². The van der Waals surface area contributed by atoms with Gasteiger partial charge in [-0.15, -0.1) is 0 Å². The maximum absolute atomic E-state index is 10.4. The first kappa shape index (κ1) is 25.0. The first-order valence-corrected chi connectivity index (χ1v) is 6.99. The van der Waals surface area contributed by atoms with Crippen molar-refractivity contribution in [2.45, 2.75) is 47.3 Å². The average Bonchev–Trinajstić information content (AvgIpc) is 2.40. The third kappa shape index (κ3) is 32.5. The molecule has 0 aliphatic rings. The Morgan fingerprint density at radius 1 is 0.952 bits per heavy atom. The molecule has 7 heteroatoms. The smallest absolute Gasteiger partial charge is 0.313 e. The van der Waals surface area contributed by atoms with Crippen LogP contribution in [0.4, 0.5) is 0 Å². The topological polar surface area (TPSA) is 102 Å². The van der Waals surface area contributed by atoms with Gasteiger partial charge in [0.25, 0.3) is 0 Å². The quantitative estimate of drug-likeness (QED) is 0.390. The van der Waals surface area contributed by atoms with Crippen molar-refractivity contribution in [3.05, 3.63) is 0 Å². The lowest BCUT2D eigenvalue weighted by atomic mass is 10.3. The van der Waals surface area contributed by atoms with Gasteiger partial charge < -0.3 is 24.4 Å². The summed E-state index contributed by atoms with van der Waals surface area (Å²) < 4.78 is 14.6. The summed E-state index contributed by atoms with van der Waals surface area (Å²) in [7, 11) is 0. The molecule has 7 nitrogen and oxygen atoms in total. The van der Waals surface area contributed by atoms with E-state index < -0.39 is 5.97 Å². The number of esters is 1. The van der Waals surface area contributed by atoms with Crippen molar-refractivity contribution in [3.63, 3.8) is 0 Å². The highest BCUT2D eigenvalue weighted by Gasteiger charge is 2.03. The van der Waals surface area contributed by atoms with Gasteiger partial charge in [-0.25, -0.2) is 0 Å². The van der Waals surface area contributed by atoms with Crippen LogP contribution in [0.25, 0.3) is 0 Å². The molecule has 0 rings (SSSR count). The Balaban J connectivity index is -0.000000249. The van der Waals surface area contributed by atoms with E-state index in [4.69, 9.17) is 19.7 Å². The molecule has 0 bridgehead atoms. The van der Waals surface area contributed by atoms with E-state index >= 15 is 0 Å². The number of carbonyl (C=O) groups is 2. The maximum atomic E-state index is 10.4. The monoisotopic (exact) mass is 310 g/mol. The van der Waals surface area contributed by atoms with E-state index in [0.29, 0.717) is 6.61 Å². The van der Waals surface area contributed by atoms with Crippen molar-refractivity contribution < 1.29 is 34.0 Å². The molecule has 0 spiro atoms. The lowest BCUT2D eigenvalue weighted by Gasteiger charge is -2.09. The van der Waals surface area contributed by atoms with E-state index in [2.05, 4.69) is 4.74 Å². The van der Waals surface area contributed by atoms with E-state index in [9.17, 15) is 9.59 Å². The second-order valence-electron chi connectivity index (χ2n) is 3.61. The zero-order valence-electron chi connectivity index (χ0n) is 13.8. The van der Waals surface area contributed by atoms with Crippen LogP contribution in [-0.2, 0) is 23.8 Å². The molecule has 0 unspecified atom stereocenters. The molecular formula is C14H30O7. The summed E-state index contributed by atoms with van der Waals surface area (Å²) in [6.45, 7) is 10.4. The highest BCUT2D eigenvalue weighted by atomic mass is 16.7. The Morgan fingerprint density at radius 3 is 1.62 bits per heavy atom. The van der Waals surface area contributed by atoms with Crippen LogP contribution in [0.1, 0.15) is 41.0 Å². The van der Waals surface area contributed by atoms with Crippen molar-refractivity contribution in [1.82, 2.24) is 0 Å². The molecule has 0 aromatic heterocycles. The Hall–Kier alpha value is -1.02. The maximum Gasteiger partial charge on any atom is 0.313 e. The van der Waals surface area contributed by atoms with E-state index in [0.717, 1.165) is 13.2 Å². The van der Waals surface area contributed by atoms with Crippen molar-refractivity contribution in [1.29, 1.82) is 0 Å². The molecule has 0 aliphatic heterocycles. The summed E-state index contributed by atoms with van der Waals surface area (Å²) in [6.07, 6.45) is -0.140. The first-order chi connectivity index (χ1) is 9.89. The summed E-state index contributed by atoms with van der Waals surface area (Å²) in [5.74, 6) is -0.599. The number of hydrogen-bond donors (Lipinski definition) is 2. The minimum Gasteiger partial charge on any atom is -0.466 e. The minimum atomic E-state index is -0.440. The number of hydrogen-bond acceptors (Lipinski definition) is 7. The predicted molar refractivity (Wildman–Crippen MR) is 78.8 cm³/mol. The highest BCUT2D eigenvalue weighted by Crippen LogP contribution is 1.90. The van der Waals surface area contributed by atoms with Gasteiger partial charge in [0, 0.05) is 13.2 Å². The van der Waals surface area contributed by atoms with Crippen molar-refractivity contribution >= 4 is 11.8 Å². The number of ketones is 1. The average molecular weight is 310 g/mol. The molecule has 0 fully saturated rings. The van der Waals surface area contributed by atoms with Crippen molar-refractivity contribution in [2.75, 3.05) is 33.0 Å². The van der Waals surface area contributed by atoms with Crippen LogP contribution in [0.3, 0.4) is 0 Å². The Kier molecular flexibility index (Phi) is 25.3. The minimum absolute atomic E-state index is 0.0370. The fourth-order valence-electron chi connectivity index (χ4n) is 0.933. The highest BCUT2D eigenvalue weighted by molar-refractivity contribution is 5.94. The molecule has 0 aromatic rings. The van der Waals surface area contributed by atoms with E-state index in [1.165, 1.54) is 6.92 Å². The van der Waals surface area contributed by atoms with Crippen LogP contribution in [-0.4, -0.2) is 61.3 Å². The molecule has 0 amide bonds. The standard InChI is InChI=1S/C6H10O3.C6H14O2.C2H6O2/c1-3-9-6(8)4-5(2)7;1-4-7-6(3)8-5-2;3-1-2-4/h3-4H2,1-2H3;6H,4-5H2,1-3H3;3-4H,1-2H2. The van der Waals surface area contributed by atoms with Gasteiger partial charge in [0.1, 0.15) is 12.2 Å². The van der Waals surface area contributed by atoms with Crippen molar-refractivity contribution in [3.8, 4) is 0 Å². The second-order valence-corrected chi connectivity index (χ2v) is 3.61. The van der Waals surface area contributed by atoms with Crippen LogP contribution in [0.2, 0.25) is 0 Å².